The summed E-state index contributed by atoms with van der Waals surface area (Å²) in [7, 11) is 1.38. The molecule has 0 N–H and O–H groups in total. The Bertz CT molecular complexity index is 439. The van der Waals surface area contributed by atoms with E-state index in [2.05, 4.69) is 6.58 Å². The summed E-state index contributed by atoms with van der Waals surface area (Å²) < 4.78 is 15.3. The van der Waals surface area contributed by atoms with Crippen LogP contribution in [0.1, 0.15) is 17.9 Å². The number of allylic oxidation sites excluding steroid dienone is 1. The van der Waals surface area contributed by atoms with Crippen LogP contribution in [-0.4, -0.2) is 19.9 Å². The molecule has 1 aromatic carbocycles. The molecule has 0 saturated carbocycles. The molecular formula is C13H14O4. The molecule has 0 spiro atoms. The summed E-state index contributed by atoms with van der Waals surface area (Å²) in [6.07, 6.45) is 2.23. The molecule has 1 aliphatic rings. The van der Waals surface area contributed by atoms with Crippen molar-refractivity contribution in [3.05, 3.63) is 36.4 Å². The van der Waals surface area contributed by atoms with Crippen molar-refractivity contribution in [1.29, 1.82) is 0 Å². The van der Waals surface area contributed by atoms with E-state index in [-0.39, 0.29) is 18.7 Å². The number of hydrogen-bond donors (Lipinski definition) is 0. The molecule has 1 unspecified atom stereocenters. The minimum Gasteiger partial charge on any atom is -0.469 e. The summed E-state index contributed by atoms with van der Waals surface area (Å²) in [5.74, 6) is 0.757. The van der Waals surface area contributed by atoms with Crippen LogP contribution in [0.15, 0.2) is 30.9 Å². The first-order valence-corrected chi connectivity index (χ1v) is 5.34. The van der Waals surface area contributed by atoms with E-state index in [1.165, 1.54) is 7.11 Å². The molecule has 17 heavy (non-hydrogen) atoms. The van der Waals surface area contributed by atoms with Gasteiger partial charge in [-0.05, 0) is 24.1 Å². The largest absolute Gasteiger partial charge is 0.469 e. The van der Waals surface area contributed by atoms with E-state index in [0.717, 1.165) is 5.56 Å². The van der Waals surface area contributed by atoms with Crippen molar-refractivity contribution in [3.8, 4) is 11.5 Å². The summed E-state index contributed by atoms with van der Waals surface area (Å²) in [5, 5.41) is 0. The maximum Gasteiger partial charge on any atom is 0.313 e. The van der Waals surface area contributed by atoms with Gasteiger partial charge in [-0.2, -0.15) is 0 Å². The van der Waals surface area contributed by atoms with Crippen molar-refractivity contribution in [2.45, 2.75) is 12.3 Å². The minimum absolute atomic E-state index is 0.225. The van der Waals surface area contributed by atoms with Gasteiger partial charge >= 0.3 is 5.97 Å². The molecule has 0 aromatic heterocycles. The Kier molecular flexibility index (Phi) is 3.32. The molecule has 1 atom stereocenters. The molecule has 0 bridgehead atoms. The van der Waals surface area contributed by atoms with Gasteiger partial charge in [0.2, 0.25) is 6.79 Å². The van der Waals surface area contributed by atoms with Crippen molar-refractivity contribution in [2.75, 3.05) is 13.9 Å². The van der Waals surface area contributed by atoms with Crippen LogP contribution in [0.3, 0.4) is 0 Å². The Morgan fingerprint density at radius 1 is 1.53 bits per heavy atom. The summed E-state index contributed by atoms with van der Waals surface area (Å²) in [5.41, 5.74) is 0.848. The summed E-state index contributed by atoms with van der Waals surface area (Å²) in [6.45, 7) is 3.88. The molecule has 1 aliphatic heterocycles. The summed E-state index contributed by atoms with van der Waals surface area (Å²) in [6, 6.07) is 5.46. The first kappa shape index (κ1) is 11.5. The molecule has 90 valence electrons. The van der Waals surface area contributed by atoms with Crippen LogP contribution in [0, 0.1) is 0 Å². The van der Waals surface area contributed by atoms with Crippen LogP contribution in [0.4, 0.5) is 0 Å². The second-order valence-electron chi connectivity index (χ2n) is 3.71. The van der Waals surface area contributed by atoms with Gasteiger partial charge in [0.05, 0.1) is 13.0 Å². The number of carbonyl (C=O) groups excluding carboxylic acids is 1. The smallest absolute Gasteiger partial charge is 0.313 e. The van der Waals surface area contributed by atoms with E-state index in [0.29, 0.717) is 17.9 Å². The lowest BCUT2D eigenvalue weighted by molar-refractivity contribution is -0.142. The van der Waals surface area contributed by atoms with Gasteiger partial charge in [-0.15, -0.1) is 6.58 Å². The lowest BCUT2D eigenvalue weighted by Crippen LogP contribution is -2.13. The second kappa shape index (κ2) is 4.91. The highest BCUT2D eigenvalue weighted by atomic mass is 16.7. The summed E-state index contributed by atoms with van der Waals surface area (Å²) >= 11 is 0. The fourth-order valence-electron chi connectivity index (χ4n) is 1.81. The van der Waals surface area contributed by atoms with Crippen LogP contribution >= 0.6 is 0 Å². The fourth-order valence-corrected chi connectivity index (χ4v) is 1.81. The number of hydrogen-bond acceptors (Lipinski definition) is 4. The number of fused-ring (bicyclic) bond motifs is 1. The quantitative estimate of drug-likeness (QED) is 0.592. The third-order valence-corrected chi connectivity index (χ3v) is 2.69. The molecule has 0 radical (unpaired) electrons. The van der Waals surface area contributed by atoms with Crippen LogP contribution < -0.4 is 9.47 Å². The normalized spacial score (nSPS) is 14.2. The van der Waals surface area contributed by atoms with E-state index in [1.807, 2.05) is 12.1 Å². The Morgan fingerprint density at radius 3 is 3.00 bits per heavy atom. The van der Waals surface area contributed by atoms with Crippen molar-refractivity contribution in [2.24, 2.45) is 0 Å². The second-order valence-corrected chi connectivity index (χ2v) is 3.71. The fraction of sp³-hybridized carbons (Fsp3) is 0.308. The van der Waals surface area contributed by atoms with Gasteiger partial charge in [-0.25, -0.2) is 0 Å². The Balaban J connectivity index is 2.29. The standard InChI is InChI=1S/C13H14O4/c1-3-4-10(13(14)15-2)9-5-6-11-12(7-9)17-8-16-11/h3,5-7,10H,1,4,8H2,2H3. The molecule has 4 nitrogen and oxygen atoms in total. The number of methoxy groups -OCH3 is 1. The van der Waals surface area contributed by atoms with Crippen molar-refractivity contribution < 1.29 is 19.0 Å². The number of benzene rings is 1. The molecule has 0 amide bonds. The third kappa shape index (κ3) is 2.25. The van der Waals surface area contributed by atoms with Gasteiger partial charge < -0.3 is 14.2 Å². The van der Waals surface area contributed by atoms with Gasteiger partial charge in [-0.3, -0.25) is 4.79 Å². The Hall–Kier alpha value is -1.97. The molecular weight excluding hydrogens is 220 g/mol. The molecule has 4 heteroatoms. The zero-order valence-electron chi connectivity index (χ0n) is 9.64. The van der Waals surface area contributed by atoms with E-state index in [9.17, 15) is 4.79 Å². The van der Waals surface area contributed by atoms with E-state index in [1.54, 1.807) is 12.1 Å². The van der Waals surface area contributed by atoms with Crippen molar-refractivity contribution in [1.82, 2.24) is 0 Å². The van der Waals surface area contributed by atoms with Gasteiger partial charge in [0.15, 0.2) is 11.5 Å². The monoisotopic (exact) mass is 234 g/mol. The van der Waals surface area contributed by atoms with Gasteiger partial charge in [0.25, 0.3) is 0 Å². The molecule has 0 aliphatic carbocycles. The zero-order chi connectivity index (χ0) is 12.3. The maximum absolute atomic E-state index is 11.7. The summed E-state index contributed by atoms with van der Waals surface area (Å²) in [4.78, 5) is 11.7. The van der Waals surface area contributed by atoms with Crippen LogP contribution in [0.2, 0.25) is 0 Å². The van der Waals surface area contributed by atoms with Crippen molar-refractivity contribution >= 4 is 5.97 Å². The lowest BCUT2D eigenvalue weighted by Gasteiger charge is -2.13. The maximum atomic E-state index is 11.7. The molecule has 2 rings (SSSR count). The highest BCUT2D eigenvalue weighted by Crippen LogP contribution is 2.35. The Labute approximate surface area is 99.8 Å². The van der Waals surface area contributed by atoms with Gasteiger partial charge in [-0.1, -0.05) is 12.1 Å². The molecule has 0 saturated heterocycles. The number of rotatable bonds is 4. The molecule has 1 aromatic rings. The van der Waals surface area contributed by atoms with Crippen LogP contribution in [0.25, 0.3) is 0 Å². The van der Waals surface area contributed by atoms with Crippen LogP contribution in [0.5, 0.6) is 11.5 Å². The SMILES string of the molecule is C=CCC(C(=O)OC)c1ccc2c(c1)OCO2. The highest BCUT2D eigenvalue weighted by molar-refractivity contribution is 5.78. The van der Waals surface area contributed by atoms with Gasteiger partial charge in [0.1, 0.15) is 0 Å². The first-order chi connectivity index (χ1) is 8.26. The average Bonchev–Trinajstić information content (AvgIpc) is 2.82. The molecule has 1 heterocycles. The minimum atomic E-state index is -0.341. The number of esters is 1. The lowest BCUT2D eigenvalue weighted by atomic mass is 9.95. The predicted octanol–water partition coefficient (Wildman–Crippen LogP) is 2.25. The highest BCUT2D eigenvalue weighted by Gasteiger charge is 2.23. The third-order valence-electron chi connectivity index (χ3n) is 2.69. The average molecular weight is 234 g/mol. The number of carbonyl (C=O) groups is 1. The van der Waals surface area contributed by atoms with Crippen LogP contribution in [-0.2, 0) is 9.53 Å². The first-order valence-electron chi connectivity index (χ1n) is 5.34. The van der Waals surface area contributed by atoms with E-state index >= 15 is 0 Å². The number of ether oxygens (including phenoxy) is 3. The molecule has 0 fully saturated rings. The van der Waals surface area contributed by atoms with Gasteiger partial charge in [0, 0.05) is 0 Å². The topological polar surface area (TPSA) is 44.8 Å². The van der Waals surface area contributed by atoms with Crippen molar-refractivity contribution in [3.63, 3.8) is 0 Å². The van der Waals surface area contributed by atoms with E-state index < -0.39 is 0 Å². The Morgan fingerprint density at radius 2 is 2.29 bits per heavy atom. The zero-order valence-corrected chi connectivity index (χ0v) is 9.64. The predicted molar refractivity (Wildman–Crippen MR) is 62.1 cm³/mol. The van der Waals surface area contributed by atoms with E-state index in [4.69, 9.17) is 14.2 Å².